The summed E-state index contributed by atoms with van der Waals surface area (Å²) in [7, 11) is 0. The molecule has 0 spiro atoms. The van der Waals surface area contributed by atoms with Crippen LogP contribution in [0.1, 0.15) is 11.3 Å². The largest absolute Gasteiger partial charge is 0.448 e. The lowest BCUT2D eigenvalue weighted by atomic mass is 10.1. The molecule has 1 heterocycles. The van der Waals surface area contributed by atoms with Crippen molar-refractivity contribution in [3.05, 3.63) is 52.9 Å². The fraction of sp³-hybridized carbons (Fsp3) is 0.231. The van der Waals surface area contributed by atoms with Gasteiger partial charge >= 0.3 is 0 Å². The quantitative estimate of drug-likeness (QED) is 0.858. The van der Waals surface area contributed by atoms with Crippen LogP contribution in [0.3, 0.4) is 0 Å². The van der Waals surface area contributed by atoms with E-state index in [2.05, 4.69) is 5.32 Å². The maximum Gasteiger partial charge on any atom is 0.193 e. The third kappa shape index (κ3) is 3.51. The normalized spacial score (nSPS) is 10.5. The second-order valence-electron chi connectivity index (χ2n) is 3.73. The summed E-state index contributed by atoms with van der Waals surface area (Å²) < 4.78 is 5.24. The van der Waals surface area contributed by atoms with Gasteiger partial charge in [0, 0.05) is 12.3 Å². The van der Waals surface area contributed by atoms with Crippen molar-refractivity contribution in [1.82, 2.24) is 0 Å². The van der Waals surface area contributed by atoms with Gasteiger partial charge in [-0.1, -0.05) is 12.1 Å². The van der Waals surface area contributed by atoms with Gasteiger partial charge in [-0.05, 0) is 47.9 Å². The van der Waals surface area contributed by atoms with E-state index in [9.17, 15) is 0 Å². The number of nitrogens with one attached hydrogen (secondary N) is 1. The molecule has 0 unspecified atom stereocenters. The minimum atomic E-state index is 0.178. The molecule has 0 saturated heterocycles. The third-order valence-electron chi connectivity index (χ3n) is 2.45. The van der Waals surface area contributed by atoms with Crippen LogP contribution in [-0.2, 0) is 13.0 Å². The molecular formula is C13H14ClNO2. The van der Waals surface area contributed by atoms with Crippen LogP contribution in [-0.4, -0.2) is 11.7 Å². The monoisotopic (exact) mass is 251 g/mol. The Kier molecular flexibility index (Phi) is 4.07. The lowest BCUT2D eigenvalue weighted by Crippen LogP contribution is -1.98. The molecule has 2 rings (SSSR count). The van der Waals surface area contributed by atoms with E-state index in [0.717, 1.165) is 17.0 Å². The first-order valence-electron chi connectivity index (χ1n) is 5.46. The number of hydrogen-bond donors (Lipinski definition) is 2. The number of benzene rings is 1. The minimum absolute atomic E-state index is 0.178. The molecule has 0 fully saturated rings. The van der Waals surface area contributed by atoms with Gasteiger partial charge in [-0.2, -0.15) is 0 Å². The van der Waals surface area contributed by atoms with E-state index in [1.807, 2.05) is 30.3 Å². The minimum Gasteiger partial charge on any atom is -0.448 e. The molecular weight excluding hydrogens is 238 g/mol. The van der Waals surface area contributed by atoms with Crippen LogP contribution < -0.4 is 5.32 Å². The van der Waals surface area contributed by atoms with Crippen molar-refractivity contribution >= 4 is 17.3 Å². The number of anilines is 1. The van der Waals surface area contributed by atoms with Gasteiger partial charge in [0.1, 0.15) is 5.76 Å². The van der Waals surface area contributed by atoms with Crippen LogP contribution in [0.25, 0.3) is 0 Å². The molecule has 2 N–H and O–H groups in total. The predicted molar refractivity (Wildman–Crippen MR) is 68.3 cm³/mol. The Morgan fingerprint density at radius 2 is 1.88 bits per heavy atom. The first-order valence-corrected chi connectivity index (χ1v) is 5.83. The maximum absolute atomic E-state index is 8.80. The number of aliphatic hydroxyl groups excluding tert-OH is 1. The van der Waals surface area contributed by atoms with Gasteiger partial charge < -0.3 is 14.8 Å². The highest BCUT2D eigenvalue weighted by Crippen LogP contribution is 2.15. The molecule has 17 heavy (non-hydrogen) atoms. The topological polar surface area (TPSA) is 45.4 Å². The van der Waals surface area contributed by atoms with Crippen molar-refractivity contribution in [1.29, 1.82) is 0 Å². The molecule has 0 radical (unpaired) electrons. The number of furan rings is 1. The first-order chi connectivity index (χ1) is 8.28. The van der Waals surface area contributed by atoms with Gasteiger partial charge in [-0.3, -0.25) is 0 Å². The van der Waals surface area contributed by atoms with Crippen LogP contribution in [0.2, 0.25) is 5.22 Å². The van der Waals surface area contributed by atoms with Crippen molar-refractivity contribution < 1.29 is 9.52 Å². The Bertz CT molecular complexity index is 465. The molecule has 1 aromatic heterocycles. The van der Waals surface area contributed by atoms with Crippen LogP contribution in [0.5, 0.6) is 0 Å². The summed E-state index contributed by atoms with van der Waals surface area (Å²) >= 11 is 5.68. The zero-order valence-corrected chi connectivity index (χ0v) is 10.1. The van der Waals surface area contributed by atoms with Crippen LogP contribution in [0, 0.1) is 0 Å². The van der Waals surface area contributed by atoms with Crippen LogP contribution in [0.4, 0.5) is 5.69 Å². The first kappa shape index (κ1) is 12.0. The molecule has 0 saturated carbocycles. The SMILES string of the molecule is OCCc1ccc(NCc2ccc(Cl)o2)cc1. The molecule has 0 aliphatic carbocycles. The van der Waals surface area contributed by atoms with E-state index < -0.39 is 0 Å². The molecule has 3 nitrogen and oxygen atoms in total. The average molecular weight is 252 g/mol. The Labute approximate surface area is 105 Å². The van der Waals surface area contributed by atoms with Gasteiger partial charge in [0.2, 0.25) is 0 Å². The highest BCUT2D eigenvalue weighted by Gasteiger charge is 1.99. The molecule has 0 bridgehead atoms. The fourth-order valence-corrected chi connectivity index (χ4v) is 1.72. The molecule has 0 aliphatic rings. The standard InChI is InChI=1S/C13H14ClNO2/c14-13-6-5-12(17-13)9-15-11-3-1-10(2-4-11)7-8-16/h1-6,15-16H,7-9H2. The summed E-state index contributed by atoms with van der Waals surface area (Å²) in [5, 5.41) is 12.4. The maximum atomic E-state index is 8.80. The van der Waals surface area contributed by atoms with Crippen molar-refractivity contribution in [2.45, 2.75) is 13.0 Å². The average Bonchev–Trinajstić information content (AvgIpc) is 2.75. The third-order valence-corrected chi connectivity index (χ3v) is 2.65. The zero-order valence-electron chi connectivity index (χ0n) is 9.32. The van der Waals surface area contributed by atoms with E-state index in [0.29, 0.717) is 18.2 Å². The summed E-state index contributed by atoms with van der Waals surface area (Å²) in [5.74, 6) is 0.800. The van der Waals surface area contributed by atoms with E-state index in [1.165, 1.54) is 0 Å². The van der Waals surface area contributed by atoms with Gasteiger partial charge in [-0.25, -0.2) is 0 Å². The highest BCUT2D eigenvalue weighted by molar-refractivity contribution is 6.28. The molecule has 2 aromatic rings. The number of hydrogen-bond acceptors (Lipinski definition) is 3. The number of aliphatic hydroxyl groups is 1. The Morgan fingerprint density at radius 1 is 1.12 bits per heavy atom. The Hall–Kier alpha value is -1.45. The van der Waals surface area contributed by atoms with Gasteiger partial charge in [-0.15, -0.1) is 0 Å². The lowest BCUT2D eigenvalue weighted by molar-refractivity contribution is 0.299. The van der Waals surface area contributed by atoms with E-state index >= 15 is 0 Å². The van der Waals surface area contributed by atoms with Crippen LogP contribution >= 0.6 is 11.6 Å². The van der Waals surface area contributed by atoms with Crippen molar-refractivity contribution in [3.8, 4) is 0 Å². The lowest BCUT2D eigenvalue weighted by Gasteiger charge is -2.05. The molecule has 0 amide bonds. The fourth-order valence-electron chi connectivity index (χ4n) is 1.55. The van der Waals surface area contributed by atoms with Crippen molar-refractivity contribution in [2.24, 2.45) is 0 Å². The summed E-state index contributed by atoms with van der Waals surface area (Å²) in [6, 6.07) is 11.5. The van der Waals surface area contributed by atoms with E-state index in [4.69, 9.17) is 21.1 Å². The number of rotatable bonds is 5. The van der Waals surface area contributed by atoms with Crippen LogP contribution in [0.15, 0.2) is 40.8 Å². The molecule has 1 aromatic carbocycles. The van der Waals surface area contributed by atoms with Gasteiger partial charge in [0.15, 0.2) is 5.22 Å². The molecule has 90 valence electrons. The Balaban J connectivity index is 1.90. The molecule has 0 aliphatic heterocycles. The summed E-state index contributed by atoms with van der Waals surface area (Å²) in [6.07, 6.45) is 0.689. The van der Waals surface area contributed by atoms with Crippen molar-refractivity contribution in [3.63, 3.8) is 0 Å². The number of halogens is 1. The van der Waals surface area contributed by atoms with E-state index in [-0.39, 0.29) is 6.61 Å². The second-order valence-corrected chi connectivity index (χ2v) is 4.10. The highest BCUT2D eigenvalue weighted by atomic mass is 35.5. The predicted octanol–water partition coefficient (Wildman–Crippen LogP) is 3.08. The van der Waals surface area contributed by atoms with Gasteiger partial charge in [0.25, 0.3) is 0 Å². The summed E-state index contributed by atoms with van der Waals surface area (Å²) in [6.45, 7) is 0.781. The zero-order chi connectivity index (χ0) is 12.1. The summed E-state index contributed by atoms with van der Waals surface area (Å²) in [5.41, 5.74) is 2.14. The second kappa shape index (κ2) is 5.75. The molecule has 0 atom stereocenters. The van der Waals surface area contributed by atoms with Gasteiger partial charge in [0.05, 0.1) is 6.54 Å². The molecule has 4 heteroatoms. The van der Waals surface area contributed by atoms with Crippen molar-refractivity contribution in [2.75, 3.05) is 11.9 Å². The smallest absolute Gasteiger partial charge is 0.193 e. The van der Waals surface area contributed by atoms with E-state index in [1.54, 1.807) is 6.07 Å². The Morgan fingerprint density at radius 3 is 2.47 bits per heavy atom. The summed E-state index contributed by atoms with van der Waals surface area (Å²) in [4.78, 5) is 0.